The number of amides is 1. The molecule has 1 aliphatic carbocycles. The van der Waals surface area contributed by atoms with E-state index in [1.165, 1.54) is 18.4 Å². The van der Waals surface area contributed by atoms with Crippen LogP contribution in [-0.2, 0) is 22.4 Å². The molecular weight excluding hydrogens is 392 g/mol. The first-order valence-corrected chi connectivity index (χ1v) is 10.3. The molecule has 0 saturated heterocycles. The average Bonchev–Trinajstić information content (AvgIpc) is 3.11. The number of nitrogens with one attached hydrogen (secondary N) is 2. The van der Waals surface area contributed by atoms with E-state index in [9.17, 15) is 9.59 Å². The van der Waals surface area contributed by atoms with Gasteiger partial charge in [-0.2, -0.15) is 0 Å². The molecule has 1 aliphatic rings. The van der Waals surface area contributed by atoms with Gasteiger partial charge >= 0.3 is 5.97 Å². The maximum absolute atomic E-state index is 12.8. The molecule has 1 aromatic carbocycles. The van der Waals surface area contributed by atoms with Crippen LogP contribution in [0.4, 0.5) is 10.7 Å². The van der Waals surface area contributed by atoms with Crippen molar-refractivity contribution in [1.29, 1.82) is 0 Å². The van der Waals surface area contributed by atoms with Gasteiger partial charge in [-0.05, 0) is 50.3 Å². The second-order valence-corrected chi connectivity index (χ2v) is 7.93. The van der Waals surface area contributed by atoms with Crippen LogP contribution >= 0.6 is 11.3 Å². The van der Waals surface area contributed by atoms with E-state index in [1.807, 2.05) is 0 Å². The van der Waals surface area contributed by atoms with Crippen molar-refractivity contribution >= 4 is 33.9 Å². The van der Waals surface area contributed by atoms with Gasteiger partial charge in [0.05, 0.1) is 32.6 Å². The summed E-state index contributed by atoms with van der Waals surface area (Å²) in [6.07, 6.45) is 3.90. The first-order chi connectivity index (χ1) is 14.0. The van der Waals surface area contributed by atoms with E-state index in [4.69, 9.17) is 14.2 Å². The number of benzene rings is 1. The Bertz CT molecular complexity index is 909. The highest BCUT2D eigenvalue weighted by Crippen LogP contribution is 2.38. The first kappa shape index (κ1) is 21.0. The van der Waals surface area contributed by atoms with Gasteiger partial charge in [-0.25, -0.2) is 4.79 Å². The number of esters is 1. The number of rotatable bonds is 7. The third-order valence-electron chi connectivity index (χ3n) is 4.97. The number of hydrogen-bond acceptors (Lipinski definition) is 7. The van der Waals surface area contributed by atoms with Gasteiger partial charge in [0.1, 0.15) is 22.5 Å². The van der Waals surface area contributed by atoms with Gasteiger partial charge in [-0.15, -0.1) is 11.3 Å². The summed E-state index contributed by atoms with van der Waals surface area (Å²) in [4.78, 5) is 26.3. The van der Waals surface area contributed by atoms with Crippen molar-refractivity contribution < 1.29 is 23.8 Å². The van der Waals surface area contributed by atoms with Gasteiger partial charge in [-0.1, -0.05) is 0 Å². The number of carbonyl (C=O) groups is 2. The average molecular weight is 419 g/mol. The Morgan fingerprint density at radius 2 is 1.86 bits per heavy atom. The molecule has 29 heavy (non-hydrogen) atoms. The van der Waals surface area contributed by atoms with Gasteiger partial charge in [0.15, 0.2) is 0 Å². The van der Waals surface area contributed by atoms with Crippen LogP contribution in [0.15, 0.2) is 18.2 Å². The van der Waals surface area contributed by atoms with E-state index in [-0.39, 0.29) is 5.91 Å². The molecule has 0 radical (unpaired) electrons. The fourth-order valence-electron chi connectivity index (χ4n) is 3.41. The minimum Gasteiger partial charge on any atom is -0.497 e. The molecule has 0 aliphatic heterocycles. The van der Waals surface area contributed by atoms with Crippen LogP contribution in [-0.4, -0.2) is 39.2 Å². The highest BCUT2D eigenvalue weighted by atomic mass is 32.1. The van der Waals surface area contributed by atoms with Crippen molar-refractivity contribution in [3.05, 3.63) is 34.2 Å². The highest BCUT2D eigenvalue weighted by Gasteiger charge is 2.28. The molecule has 156 valence electrons. The molecule has 0 fully saturated rings. The van der Waals surface area contributed by atoms with Crippen LogP contribution in [0.25, 0.3) is 0 Å². The first-order valence-electron chi connectivity index (χ1n) is 9.50. The van der Waals surface area contributed by atoms with Gasteiger partial charge in [0.25, 0.3) is 0 Å². The zero-order valence-electron chi connectivity index (χ0n) is 17.1. The molecular formula is C21H26N2O5S. The molecule has 8 heteroatoms. The van der Waals surface area contributed by atoms with Crippen LogP contribution < -0.4 is 20.1 Å². The van der Waals surface area contributed by atoms with Gasteiger partial charge in [0.2, 0.25) is 5.91 Å². The number of methoxy groups -OCH3 is 3. The maximum Gasteiger partial charge on any atom is 0.341 e. The zero-order chi connectivity index (χ0) is 21.0. The minimum absolute atomic E-state index is 0.244. The summed E-state index contributed by atoms with van der Waals surface area (Å²) in [5, 5.41) is 6.63. The topological polar surface area (TPSA) is 85.9 Å². The Kier molecular flexibility index (Phi) is 6.64. The van der Waals surface area contributed by atoms with Crippen molar-refractivity contribution in [3.63, 3.8) is 0 Å². The number of fused-ring (bicyclic) bond motifs is 1. The lowest BCUT2D eigenvalue weighted by atomic mass is 9.95. The molecule has 1 heterocycles. The Morgan fingerprint density at radius 3 is 2.55 bits per heavy atom. The van der Waals surface area contributed by atoms with Crippen LogP contribution in [0.3, 0.4) is 0 Å². The maximum atomic E-state index is 12.8. The van der Waals surface area contributed by atoms with E-state index >= 15 is 0 Å². The van der Waals surface area contributed by atoms with E-state index in [0.717, 1.165) is 36.1 Å². The van der Waals surface area contributed by atoms with Gasteiger partial charge in [0, 0.05) is 10.9 Å². The number of carbonyl (C=O) groups excluding carboxylic acids is 2. The molecule has 2 N–H and O–H groups in total. The van der Waals surface area contributed by atoms with Crippen molar-refractivity contribution in [3.8, 4) is 11.5 Å². The van der Waals surface area contributed by atoms with Crippen molar-refractivity contribution in [2.24, 2.45) is 0 Å². The molecule has 0 spiro atoms. The third kappa shape index (κ3) is 4.48. The molecule has 0 saturated carbocycles. The largest absolute Gasteiger partial charge is 0.497 e. The SMILES string of the molecule is COC(=O)c1c(NC(=O)[C@H](C)Nc2ccc(OC)cc2OC)sc2c1CCCC2. The Morgan fingerprint density at radius 1 is 1.10 bits per heavy atom. The van der Waals surface area contributed by atoms with Crippen LogP contribution in [0, 0.1) is 0 Å². The number of anilines is 2. The van der Waals surface area contributed by atoms with Gasteiger partial charge in [-0.3, -0.25) is 4.79 Å². The molecule has 1 aromatic heterocycles. The lowest BCUT2D eigenvalue weighted by Gasteiger charge is -2.18. The minimum atomic E-state index is -0.554. The highest BCUT2D eigenvalue weighted by molar-refractivity contribution is 7.17. The summed E-state index contributed by atoms with van der Waals surface area (Å²) in [5.41, 5.74) is 2.19. The monoisotopic (exact) mass is 418 g/mol. The number of aryl methyl sites for hydroxylation is 1. The van der Waals surface area contributed by atoms with Crippen molar-refractivity contribution in [1.82, 2.24) is 0 Å². The molecule has 0 unspecified atom stereocenters. The van der Waals surface area contributed by atoms with Gasteiger partial charge < -0.3 is 24.8 Å². The third-order valence-corrected chi connectivity index (χ3v) is 6.18. The van der Waals surface area contributed by atoms with Crippen LogP contribution in [0.2, 0.25) is 0 Å². The molecule has 0 bridgehead atoms. The summed E-state index contributed by atoms with van der Waals surface area (Å²) >= 11 is 1.47. The molecule has 1 amide bonds. The fraction of sp³-hybridized carbons (Fsp3) is 0.429. The Hall–Kier alpha value is -2.74. The summed E-state index contributed by atoms with van der Waals surface area (Å²) < 4.78 is 15.5. The lowest BCUT2D eigenvalue weighted by Crippen LogP contribution is -2.32. The summed E-state index contributed by atoms with van der Waals surface area (Å²) in [6.45, 7) is 1.75. The molecule has 2 aromatic rings. The van der Waals surface area contributed by atoms with E-state index < -0.39 is 12.0 Å². The molecule has 7 nitrogen and oxygen atoms in total. The zero-order valence-corrected chi connectivity index (χ0v) is 17.9. The van der Waals surface area contributed by atoms with E-state index in [1.54, 1.807) is 39.3 Å². The van der Waals surface area contributed by atoms with Crippen molar-refractivity contribution in [2.75, 3.05) is 32.0 Å². The summed E-state index contributed by atoms with van der Waals surface area (Å²) in [6, 6.07) is 4.78. The van der Waals surface area contributed by atoms with E-state index in [2.05, 4.69) is 10.6 Å². The quantitative estimate of drug-likeness (QED) is 0.664. The predicted octanol–water partition coefficient (Wildman–Crippen LogP) is 3.87. The summed E-state index contributed by atoms with van der Waals surface area (Å²) in [5.74, 6) is 0.589. The predicted molar refractivity (Wildman–Crippen MR) is 114 cm³/mol. The van der Waals surface area contributed by atoms with E-state index in [0.29, 0.717) is 27.8 Å². The van der Waals surface area contributed by atoms with Crippen molar-refractivity contribution in [2.45, 2.75) is 38.6 Å². The molecule has 3 rings (SSSR count). The van der Waals surface area contributed by atoms with Crippen LogP contribution in [0.1, 0.15) is 40.6 Å². The fourth-order valence-corrected chi connectivity index (χ4v) is 4.69. The van der Waals surface area contributed by atoms with Crippen LogP contribution in [0.5, 0.6) is 11.5 Å². The number of thiophene rings is 1. The standard InChI is InChI=1S/C21H26N2O5S/c1-12(22-15-10-9-13(26-2)11-16(15)27-3)19(24)23-20-18(21(25)28-4)14-7-5-6-8-17(14)29-20/h9-12,22H,5-8H2,1-4H3,(H,23,24)/t12-/m0/s1. The number of ether oxygens (including phenoxy) is 3. The second-order valence-electron chi connectivity index (χ2n) is 6.83. The Balaban J connectivity index is 1.78. The number of hydrogen-bond donors (Lipinski definition) is 2. The normalized spacial score (nSPS) is 13.8. The lowest BCUT2D eigenvalue weighted by molar-refractivity contribution is -0.116. The smallest absolute Gasteiger partial charge is 0.341 e. The Labute approximate surface area is 174 Å². The summed E-state index contributed by atoms with van der Waals surface area (Å²) in [7, 11) is 4.50. The molecule has 1 atom stereocenters. The second kappa shape index (κ2) is 9.17.